The molecule has 1 aliphatic heterocycles. The minimum Gasteiger partial charge on any atom is -0.337 e. The lowest BCUT2D eigenvalue weighted by Gasteiger charge is -2.31. The summed E-state index contributed by atoms with van der Waals surface area (Å²) in [6, 6.07) is 5.91. The number of aryl methyl sites for hydroxylation is 1. The number of carbonyl (C=O) groups excluding carboxylic acids is 1. The summed E-state index contributed by atoms with van der Waals surface area (Å²) in [5.41, 5.74) is 2.43. The molecule has 6 heteroatoms. The Morgan fingerprint density at radius 3 is 3.09 bits per heavy atom. The molecule has 0 saturated carbocycles. The minimum atomic E-state index is 0.0226. The Balaban J connectivity index is 1.58. The van der Waals surface area contributed by atoms with Crippen LogP contribution < -0.4 is 0 Å². The van der Waals surface area contributed by atoms with E-state index in [1.165, 1.54) is 0 Å². The van der Waals surface area contributed by atoms with Crippen LogP contribution >= 0.6 is 11.3 Å². The van der Waals surface area contributed by atoms with E-state index in [1.807, 2.05) is 52.2 Å². The maximum Gasteiger partial charge on any atom is 0.274 e. The number of imidazole rings is 1. The third-order valence-electron chi connectivity index (χ3n) is 4.42. The first-order valence-electron chi connectivity index (χ1n) is 7.86. The van der Waals surface area contributed by atoms with Gasteiger partial charge in [0, 0.05) is 42.5 Å². The lowest BCUT2D eigenvalue weighted by molar-refractivity contribution is 0.0702. The zero-order valence-electron chi connectivity index (χ0n) is 13.0. The van der Waals surface area contributed by atoms with Crippen LogP contribution in [-0.2, 0) is 0 Å². The van der Waals surface area contributed by atoms with E-state index in [0.717, 1.165) is 42.3 Å². The third kappa shape index (κ3) is 2.63. The molecule has 0 aliphatic carbocycles. The Bertz CT molecular complexity index is 840. The van der Waals surface area contributed by atoms with Gasteiger partial charge in [-0.15, -0.1) is 11.3 Å². The molecule has 0 spiro atoms. The van der Waals surface area contributed by atoms with Crippen molar-refractivity contribution >= 4 is 22.9 Å². The first-order chi connectivity index (χ1) is 11.2. The predicted octanol–water partition coefficient (Wildman–Crippen LogP) is 3.12. The van der Waals surface area contributed by atoms with Gasteiger partial charge in [-0.25, -0.2) is 9.97 Å². The van der Waals surface area contributed by atoms with Crippen molar-refractivity contribution in [3.8, 4) is 0 Å². The quantitative estimate of drug-likeness (QED) is 0.727. The lowest BCUT2D eigenvalue weighted by atomic mass is 9.98. The van der Waals surface area contributed by atoms with Gasteiger partial charge in [0.05, 0.1) is 5.01 Å². The van der Waals surface area contributed by atoms with E-state index in [1.54, 1.807) is 11.3 Å². The molecule has 1 fully saturated rings. The number of piperidine rings is 1. The molecule has 0 unspecified atom stereocenters. The van der Waals surface area contributed by atoms with Crippen molar-refractivity contribution in [2.75, 3.05) is 13.1 Å². The van der Waals surface area contributed by atoms with Gasteiger partial charge in [-0.1, -0.05) is 6.07 Å². The summed E-state index contributed by atoms with van der Waals surface area (Å²) in [7, 11) is 0. The van der Waals surface area contributed by atoms with Crippen LogP contribution in [0.1, 0.15) is 39.9 Å². The molecule has 4 rings (SSSR count). The number of amides is 1. The van der Waals surface area contributed by atoms with Gasteiger partial charge in [0.1, 0.15) is 11.3 Å². The fourth-order valence-corrected chi connectivity index (χ4v) is 3.98. The Labute approximate surface area is 138 Å². The second kappa shape index (κ2) is 5.77. The largest absolute Gasteiger partial charge is 0.337 e. The Morgan fingerprint density at radius 1 is 1.39 bits per heavy atom. The molecule has 118 valence electrons. The van der Waals surface area contributed by atoms with Crippen molar-refractivity contribution in [3.05, 3.63) is 52.4 Å². The van der Waals surface area contributed by atoms with E-state index >= 15 is 0 Å². The Morgan fingerprint density at radius 2 is 2.30 bits per heavy atom. The van der Waals surface area contributed by atoms with E-state index in [0.29, 0.717) is 11.6 Å². The highest BCUT2D eigenvalue weighted by atomic mass is 32.1. The van der Waals surface area contributed by atoms with Crippen molar-refractivity contribution < 1.29 is 4.79 Å². The summed E-state index contributed by atoms with van der Waals surface area (Å²) >= 11 is 1.68. The van der Waals surface area contributed by atoms with Crippen LogP contribution in [0.25, 0.3) is 5.65 Å². The van der Waals surface area contributed by atoms with Crippen molar-refractivity contribution in [3.63, 3.8) is 0 Å². The highest BCUT2D eigenvalue weighted by Gasteiger charge is 2.28. The van der Waals surface area contributed by atoms with E-state index in [-0.39, 0.29) is 5.91 Å². The summed E-state index contributed by atoms with van der Waals surface area (Å²) in [5.74, 6) is 0.376. The number of hydrogen-bond donors (Lipinski definition) is 0. The van der Waals surface area contributed by atoms with Crippen molar-refractivity contribution in [2.24, 2.45) is 0 Å². The molecule has 0 bridgehead atoms. The fourth-order valence-electron chi connectivity index (χ4n) is 3.21. The maximum atomic E-state index is 12.8. The SMILES string of the molecule is Cc1cccc2nc(C(=O)N3CCC[C@H](c4nccs4)C3)cn12. The van der Waals surface area contributed by atoms with Crippen molar-refractivity contribution in [1.82, 2.24) is 19.3 Å². The number of aromatic nitrogens is 3. The molecule has 4 heterocycles. The van der Waals surface area contributed by atoms with Gasteiger partial charge in [0.2, 0.25) is 0 Å². The number of likely N-dealkylation sites (tertiary alicyclic amines) is 1. The van der Waals surface area contributed by atoms with Crippen LogP contribution in [0.2, 0.25) is 0 Å². The van der Waals surface area contributed by atoms with Gasteiger partial charge in [-0.3, -0.25) is 4.79 Å². The number of thiazole rings is 1. The Hall–Kier alpha value is -2.21. The van der Waals surface area contributed by atoms with Gasteiger partial charge in [-0.2, -0.15) is 0 Å². The molecule has 3 aromatic rings. The van der Waals surface area contributed by atoms with E-state index in [2.05, 4.69) is 9.97 Å². The van der Waals surface area contributed by atoms with Crippen LogP contribution in [0.5, 0.6) is 0 Å². The average Bonchev–Trinajstić information content (AvgIpc) is 3.24. The van der Waals surface area contributed by atoms with E-state index < -0.39 is 0 Å². The molecule has 23 heavy (non-hydrogen) atoms. The van der Waals surface area contributed by atoms with Crippen LogP contribution in [0.15, 0.2) is 36.0 Å². The summed E-state index contributed by atoms with van der Waals surface area (Å²) in [6.45, 7) is 3.55. The average molecular weight is 326 g/mol. The van der Waals surface area contributed by atoms with Crippen LogP contribution in [0.3, 0.4) is 0 Å². The molecule has 3 aromatic heterocycles. The topological polar surface area (TPSA) is 50.5 Å². The Kier molecular flexibility index (Phi) is 3.61. The first-order valence-corrected chi connectivity index (χ1v) is 8.74. The molecular weight excluding hydrogens is 308 g/mol. The number of rotatable bonds is 2. The van der Waals surface area contributed by atoms with Gasteiger partial charge in [0.15, 0.2) is 0 Å². The standard InChI is InChI=1S/C17H18N4OS/c1-12-4-2-6-15-19-14(11-21(12)15)17(22)20-8-3-5-13(10-20)16-18-7-9-23-16/h2,4,6-7,9,11,13H,3,5,8,10H2,1H3/t13-/m0/s1. The van der Waals surface area contributed by atoms with Crippen LogP contribution in [-0.4, -0.2) is 38.3 Å². The normalized spacial score (nSPS) is 18.5. The second-order valence-corrected chi connectivity index (χ2v) is 6.91. The second-order valence-electron chi connectivity index (χ2n) is 5.98. The molecule has 0 N–H and O–H groups in total. The third-order valence-corrected chi connectivity index (χ3v) is 5.36. The zero-order valence-corrected chi connectivity index (χ0v) is 13.8. The summed E-state index contributed by atoms with van der Waals surface area (Å²) in [5, 5.41) is 3.13. The molecular formula is C17H18N4OS. The van der Waals surface area contributed by atoms with Crippen molar-refractivity contribution in [1.29, 1.82) is 0 Å². The smallest absolute Gasteiger partial charge is 0.274 e. The van der Waals surface area contributed by atoms with Crippen LogP contribution in [0.4, 0.5) is 0 Å². The zero-order chi connectivity index (χ0) is 15.8. The molecule has 0 aromatic carbocycles. The number of pyridine rings is 1. The molecule has 1 aliphatic rings. The lowest BCUT2D eigenvalue weighted by Crippen LogP contribution is -2.39. The monoisotopic (exact) mass is 326 g/mol. The number of carbonyl (C=O) groups is 1. The maximum absolute atomic E-state index is 12.8. The first kappa shape index (κ1) is 14.4. The number of hydrogen-bond acceptors (Lipinski definition) is 4. The summed E-state index contributed by atoms with van der Waals surface area (Å²) in [4.78, 5) is 23.7. The minimum absolute atomic E-state index is 0.0226. The predicted molar refractivity (Wildman–Crippen MR) is 89.9 cm³/mol. The number of fused-ring (bicyclic) bond motifs is 1. The highest BCUT2D eigenvalue weighted by molar-refractivity contribution is 7.09. The van der Waals surface area contributed by atoms with Gasteiger partial charge in [0.25, 0.3) is 5.91 Å². The molecule has 5 nitrogen and oxygen atoms in total. The van der Waals surface area contributed by atoms with Gasteiger partial charge < -0.3 is 9.30 Å². The fraction of sp³-hybridized carbons (Fsp3) is 0.353. The molecule has 1 atom stereocenters. The summed E-state index contributed by atoms with van der Waals surface area (Å²) in [6.07, 6.45) is 5.80. The molecule has 1 saturated heterocycles. The highest BCUT2D eigenvalue weighted by Crippen LogP contribution is 2.28. The molecule has 0 radical (unpaired) electrons. The van der Waals surface area contributed by atoms with Gasteiger partial charge >= 0.3 is 0 Å². The number of nitrogens with zero attached hydrogens (tertiary/aromatic N) is 4. The van der Waals surface area contributed by atoms with Crippen LogP contribution in [0, 0.1) is 6.92 Å². The van der Waals surface area contributed by atoms with E-state index in [4.69, 9.17) is 0 Å². The summed E-state index contributed by atoms with van der Waals surface area (Å²) < 4.78 is 1.97. The molecule has 1 amide bonds. The van der Waals surface area contributed by atoms with Crippen molar-refractivity contribution in [2.45, 2.75) is 25.7 Å². The van der Waals surface area contributed by atoms with E-state index in [9.17, 15) is 4.79 Å². The van der Waals surface area contributed by atoms with Gasteiger partial charge in [-0.05, 0) is 31.9 Å².